The van der Waals surface area contributed by atoms with Crippen LogP contribution in [-0.2, 0) is 0 Å². The molecule has 0 bridgehead atoms. The van der Waals surface area contributed by atoms with Gasteiger partial charge in [-0.3, -0.25) is 4.79 Å². The first-order valence-corrected chi connectivity index (χ1v) is 5.13. The van der Waals surface area contributed by atoms with E-state index >= 15 is 0 Å². The highest BCUT2D eigenvalue weighted by molar-refractivity contribution is 6.05. The highest BCUT2D eigenvalue weighted by Crippen LogP contribution is 2.17. The number of carbonyl (C=O) groups excluding carboxylic acids is 1. The number of nitrogens with one attached hydrogen (secondary N) is 2. The summed E-state index contributed by atoms with van der Waals surface area (Å²) in [6, 6.07) is 5.47. The number of nitrogens with zero attached hydrogens (tertiary/aromatic N) is 1. The lowest BCUT2D eigenvalue weighted by atomic mass is 10.1. The van der Waals surface area contributed by atoms with Crippen LogP contribution >= 0.6 is 0 Å². The Morgan fingerprint density at radius 1 is 1.50 bits per heavy atom. The molecule has 1 heterocycles. The number of amides is 1. The maximum absolute atomic E-state index is 11.9. The maximum Gasteiger partial charge on any atom is 0.253 e. The van der Waals surface area contributed by atoms with Gasteiger partial charge in [0.2, 0.25) is 0 Å². The number of rotatable bonds is 2. The third-order valence-electron chi connectivity index (χ3n) is 2.20. The molecule has 2 rings (SSSR count). The number of para-hydroxylation sites is 1. The van der Waals surface area contributed by atoms with Crippen molar-refractivity contribution in [3.63, 3.8) is 0 Å². The molecule has 2 aromatic rings. The molecular weight excluding hydrogens is 204 g/mol. The molecule has 84 valence electrons. The standard InChI is InChI=1S/C11H14N4O/c1-6(2)13-10(16)7-4-3-5-8-9(7)15-11(12)14-8/h3-6H,1-2H3,(H,13,16)(H3,12,14,15). The molecule has 5 heteroatoms. The third kappa shape index (κ3) is 1.84. The van der Waals surface area contributed by atoms with Gasteiger partial charge in [0.15, 0.2) is 5.95 Å². The molecule has 0 aliphatic carbocycles. The van der Waals surface area contributed by atoms with Crippen LogP contribution in [0.25, 0.3) is 11.0 Å². The zero-order valence-corrected chi connectivity index (χ0v) is 9.24. The zero-order valence-electron chi connectivity index (χ0n) is 9.24. The monoisotopic (exact) mass is 218 g/mol. The van der Waals surface area contributed by atoms with Gasteiger partial charge in [-0.1, -0.05) is 6.07 Å². The number of nitrogens with two attached hydrogens (primary N) is 1. The lowest BCUT2D eigenvalue weighted by molar-refractivity contribution is 0.0944. The SMILES string of the molecule is CC(C)NC(=O)c1cccc2[nH]c(N)nc12. The van der Waals surface area contributed by atoms with E-state index in [9.17, 15) is 4.79 Å². The molecule has 1 aromatic heterocycles. The number of fused-ring (bicyclic) bond motifs is 1. The molecule has 0 spiro atoms. The maximum atomic E-state index is 11.9. The van der Waals surface area contributed by atoms with Crippen molar-refractivity contribution in [2.75, 3.05) is 5.73 Å². The van der Waals surface area contributed by atoms with Crippen molar-refractivity contribution < 1.29 is 4.79 Å². The van der Waals surface area contributed by atoms with Crippen molar-refractivity contribution in [3.8, 4) is 0 Å². The van der Waals surface area contributed by atoms with E-state index in [4.69, 9.17) is 5.73 Å². The molecule has 16 heavy (non-hydrogen) atoms. The molecule has 0 unspecified atom stereocenters. The van der Waals surface area contributed by atoms with Crippen molar-refractivity contribution in [2.24, 2.45) is 0 Å². The highest BCUT2D eigenvalue weighted by atomic mass is 16.1. The van der Waals surface area contributed by atoms with Crippen LogP contribution in [0.5, 0.6) is 0 Å². The number of aromatic amines is 1. The molecule has 5 nitrogen and oxygen atoms in total. The second kappa shape index (κ2) is 3.84. The van der Waals surface area contributed by atoms with Crippen LogP contribution in [0.4, 0.5) is 5.95 Å². The fraction of sp³-hybridized carbons (Fsp3) is 0.273. The van der Waals surface area contributed by atoms with Crippen LogP contribution in [-0.4, -0.2) is 21.9 Å². The predicted molar refractivity (Wildman–Crippen MR) is 63.1 cm³/mol. The van der Waals surface area contributed by atoms with Gasteiger partial charge in [0.1, 0.15) is 5.52 Å². The number of carbonyl (C=O) groups is 1. The normalized spacial score (nSPS) is 10.9. The topological polar surface area (TPSA) is 83.8 Å². The zero-order chi connectivity index (χ0) is 11.7. The summed E-state index contributed by atoms with van der Waals surface area (Å²) in [7, 11) is 0. The van der Waals surface area contributed by atoms with Crippen LogP contribution in [0.3, 0.4) is 0 Å². The van der Waals surface area contributed by atoms with Gasteiger partial charge in [-0.15, -0.1) is 0 Å². The van der Waals surface area contributed by atoms with Crippen molar-refractivity contribution in [3.05, 3.63) is 23.8 Å². The molecule has 0 radical (unpaired) electrons. The summed E-state index contributed by atoms with van der Waals surface area (Å²) in [5.74, 6) is 0.187. The molecule has 0 saturated heterocycles. The summed E-state index contributed by atoms with van der Waals surface area (Å²) in [6.07, 6.45) is 0. The Morgan fingerprint density at radius 3 is 2.94 bits per heavy atom. The summed E-state index contributed by atoms with van der Waals surface area (Å²) >= 11 is 0. The number of hydrogen-bond donors (Lipinski definition) is 3. The number of H-pyrrole nitrogens is 1. The lowest BCUT2D eigenvalue weighted by Gasteiger charge is -2.08. The van der Waals surface area contributed by atoms with Gasteiger partial charge in [-0.25, -0.2) is 4.98 Å². The Bertz CT molecular complexity index is 530. The first-order chi connectivity index (χ1) is 7.58. The van der Waals surface area contributed by atoms with Crippen molar-refractivity contribution in [2.45, 2.75) is 19.9 Å². The van der Waals surface area contributed by atoms with E-state index in [0.717, 1.165) is 5.52 Å². The first kappa shape index (κ1) is 10.5. The van der Waals surface area contributed by atoms with E-state index in [1.807, 2.05) is 19.9 Å². The number of nitrogen functional groups attached to an aromatic ring is 1. The number of imidazole rings is 1. The number of anilines is 1. The van der Waals surface area contributed by atoms with E-state index < -0.39 is 0 Å². The van der Waals surface area contributed by atoms with Crippen molar-refractivity contribution >= 4 is 22.9 Å². The smallest absolute Gasteiger partial charge is 0.253 e. The summed E-state index contributed by atoms with van der Waals surface area (Å²) in [5.41, 5.74) is 7.48. The van der Waals surface area contributed by atoms with Gasteiger partial charge in [-0.05, 0) is 26.0 Å². The second-order valence-electron chi connectivity index (χ2n) is 3.95. The van der Waals surface area contributed by atoms with Crippen LogP contribution < -0.4 is 11.1 Å². The van der Waals surface area contributed by atoms with Gasteiger partial charge in [0, 0.05) is 6.04 Å². The largest absolute Gasteiger partial charge is 0.369 e. The van der Waals surface area contributed by atoms with Gasteiger partial charge in [0.25, 0.3) is 5.91 Å². The molecule has 0 aliphatic rings. The second-order valence-corrected chi connectivity index (χ2v) is 3.95. The van der Waals surface area contributed by atoms with Gasteiger partial charge in [-0.2, -0.15) is 0 Å². The number of benzene rings is 1. The minimum absolute atomic E-state index is 0.0963. The van der Waals surface area contributed by atoms with E-state index in [2.05, 4.69) is 15.3 Å². The summed E-state index contributed by atoms with van der Waals surface area (Å²) in [4.78, 5) is 18.9. The van der Waals surface area contributed by atoms with E-state index in [-0.39, 0.29) is 11.9 Å². The Labute approximate surface area is 93.1 Å². The molecule has 1 amide bonds. The fourth-order valence-electron chi connectivity index (χ4n) is 1.57. The third-order valence-corrected chi connectivity index (χ3v) is 2.20. The summed E-state index contributed by atoms with van der Waals surface area (Å²) < 4.78 is 0. The predicted octanol–water partition coefficient (Wildman–Crippen LogP) is 1.28. The Balaban J connectivity index is 2.47. The van der Waals surface area contributed by atoms with E-state index in [0.29, 0.717) is 17.0 Å². The van der Waals surface area contributed by atoms with Crippen LogP contribution in [0, 0.1) is 0 Å². The first-order valence-electron chi connectivity index (χ1n) is 5.13. The Morgan fingerprint density at radius 2 is 2.25 bits per heavy atom. The van der Waals surface area contributed by atoms with Crippen LogP contribution in [0.15, 0.2) is 18.2 Å². The van der Waals surface area contributed by atoms with Crippen molar-refractivity contribution in [1.29, 1.82) is 0 Å². The van der Waals surface area contributed by atoms with E-state index in [1.165, 1.54) is 0 Å². The van der Waals surface area contributed by atoms with E-state index in [1.54, 1.807) is 12.1 Å². The fourth-order valence-corrected chi connectivity index (χ4v) is 1.57. The molecular formula is C11H14N4O. The van der Waals surface area contributed by atoms with Crippen LogP contribution in [0.1, 0.15) is 24.2 Å². The van der Waals surface area contributed by atoms with Gasteiger partial charge >= 0.3 is 0 Å². The quantitative estimate of drug-likeness (QED) is 0.710. The minimum atomic E-state index is -0.132. The summed E-state index contributed by atoms with van der Waals surface area (Å²) in [5, 5.41) is 2.83. The molecule has 4 N–H and O–H groups in total. The molecule has 1 aromatic carbocycles. The molecule has 0 atom stereocenters. The molecule has 0 fully saturated rings. The van der Waals surface area contributed by atoms with Crippen molar-refractivity contribution in [1.82, 2.24) is 15.3 Å². The average molecular weight is 218 g/mol. The molecule has 0 saturated carbocycles. The summed E-state index contributed by atoms with van der Waals surface area (Å²) in [6.45, 7) is 3.83. The van der Waals surface area contributed by atoms with Crippen LogP contribution in [0.2, 0.25) is 0 Å². The number of hydrogen-bond acceptors (Lipinski definition) is 3. The number of aromatic nitrogens is 2. The highest BCUT2D eigenvalue weighted by Gasteiger charge is 2.13. The Hall–Kier alpha value is -2.04. The Kier molecular flexibility index (Phi) is 2.52. The van der Waals surface area contributed by atoms with Gasteiger partial charge < -0.3 is 16.0 Å². The average Bonchev–Trinajstić information content (AvgIpc) is 2.55. The van der Waals surface area contributed by atoms with Gasteiger partial charge in [0.05, 0.1) is 11.1 Å². The molecule has 0 aliphatic heterocycles. The lowest BCUT2D eigenvalue weighted by Crippen LogP contribution is -2.30. The minimum Gasteiger partial charge on any atom is -0.369 e.